The molecule has 0 fully saturated rings. The monoisotopic (exact) mass is 375 g/mol. The van der Waals surface area contributed by atoms with Crippen molar-refractivity contribution in [1.82, 2.24) is 4.73 Å². The van der Waals surface area contributed by atoms with Crippen LogP contribution in [0.2, 0.25) is 0 Å². The average molecular weight is 376 g/mol. The third-order valence-electron chi connectivity index (χ3n) is 5.48. The van der Waals surface area contributed by atoms with Gasteiger partial charge in [-0.15, -0.1) is 4.73 Å². The highest BCUT2D eigenvalue weighted by Crippen LogP contribution is 2.13. The van der Waals surface area contributed by atoms with E-state index in [9.17, 15) is 10.0 Å². The quantitative estimate of drug-likeness (QED) is 0.260. The number of unbranched alkanes of at least 4 members (excludes halogenated alkanes) is 13. The minimum absolute atomic E-state index is 0.324. The number of aryl methyl sites for hydroxylation is 1. The van der Waals surface area contributed by atoms with Crippen molar-refractivity contribution in [2.24, 2.45) is 0 Å². The van der Waals surface area contributed by atoms with E-state index in [1.807, 2.05) is 19.1 Å². The van der Waals surface area contributed by atoms with Crippen LogP contribution in [0.1, 0.15) is 114 Å². The lowest BCUT2D eigenvalue weighted by molar-refractivity contribution is 0.172. The van der Waals surface area contributed by atoms with Gasteiger partial charge in [0.05, 0.1) is 5.69 Å². The first kappa shape index (κ1) is 23.5. The molecule has 1 rings (SSSR count). The van der Waals surface area contributed by atoms with Gasteiger partial charge in [0.25, 0.3) is 5.56 Å². The first-order chi connectivity index (χ1) is 13.1. The molecule has 154 valence electrons. The highest BCUT2D eigenvalue weighted by atomic mass is 16.5. The first-order valence-corrected chi connectivity index (χ1v) is 11.2. The van der Waals surface area contributed by atoms with Crippen LogP contribution in [0.25, 0.3) is 6.08 Å². The highest BCUT2D eigenvalue weighted by molar-refractivity contribution is 5.47. The SMILES string of the molecule is CCCCCCCCCCCCCCCC=Cc1cc(C)c(C)c(=O)n1O. The van der Waals surface area contributed by atoms with Crippen LogP contribution in [0.4, 0.5) is 0 Å². The molecule has 1 N–H and O–H groups in total. The molecule has 0 aromatic carbocycles. The average Bonchev–Trinajstić information content (AvgIpc) is 2.67. The van der Waals surface area contributed by atoms with Crippen LogP contribution in [0.3, 0.4) is 0 Å². The van der Waals surface area contributed by atoms with Gasteiger partial charge in [0, 0.05) is 5.56 Å². The Kier molecular flexibility index (Phi) is 12.7. The van der Waals surface area contributed by atoms with Crippen molar-refractivity contribution in [1.29, 1.82) is 0 Å². The van der Waals surface area contributed by atoms with Crippen molar-refractivity contribution in [2.45, 2.75) is 111 Å². The van der Waals surface area contributed by atoms with E-state index >= 15 is 0 Å². The van der Waals surface area contributed by atoms with Crippen LogP contribution < -0.4 is 5.56 Å². The fourth-order valence-electron chi connectivity index (χ4n) is 3.44. The van der Waals surface area contributed by atoms with E-state index in [4.69, 9.17) is 0 Å². The molecule has 3 nitrogen and oxygen atoms in total. The number of hydrogen-bond donors (Lipinski definition) is 1. The van der Waals surface area contributed by atoms with Crippen molar-refractivity contribution in [3.63, 3.8) is 0 Å². The van der Waals surface area contributed by atoms with E-state index < -0.39 is 0 Å². The minimum Gasteiger partial charge on any atom is -0.425 e. The largest absolute Gasteiger partial charge is 0.425 e. The number of rotatable bonds is 15. The Balaban J connectivity index is 2.02. The molecule has 3 heteroatoms. The molecule has 0 radical (unpaired) electrons. The van der Waals surface area contributed by atoms with Gasteiger partial charge in [-0.2, -0.15) is 0 Å². The smallest absolute Gasteiger partial charge is 0.286 e. The fourth-order valence-corrected chi connectivity index (χ4v) is 3.44. The summed E-state index contributed by atoms with van der Waals surface area (Å²) in [5.41, 5.74) is 1.77. The Labute approximate surface area is 166 Å². The van der Waals surface area contributed by atoms with Gasteiger partial charge in [0.2, 0.25) is 0 Å². The maximum atomic E-state index is 11.8. The van der Waals surface area contributed by atoms with Gasteiger partial charge in [-0.05, 0) is 44.4 Å². The van der Waals surface area contributed by atoms with Gasteiger partial charge < -0.3 is 5.21 Å². The second-order valence-electron chi connectivity index (χ2n) is 7.93. The molecule has 0 aliphatic heterocycles. The molecule has 1 heterocycles. The summed E-state index contributed by atoms with van der Waals surface area (Å²) in [5, 5.41) is 9.87. The van der Waals surface area contributed by atoms with E-state index in [1.165, 1.54) is 83.5 Å². The molecule has 1 aromatic heterocycles. The Morgan fingerprint density at radius 3 is 1.85 bits per heavy atom. The summed E-state index contributed by atoms with van der Waals surface area (Å²) in [7, 11) is 0. The van der Waals surface area contributed by atoms with Crippen molar-refractivity contribution in [3.05, 3.63) is 39.3 Å². The van der Waals surface area contributed by atoms with Crippen molar-refractivity contribution in [2.75, 3.05) is 0 Å². The van der Waals surface area contributed by atoms with E-state index in [-0.39, 0.29) is 5.56 Å². The second kappa shape index (κ2) is 14.5. The summed E-state index contributed by atoms with van der Waals surface area (Å²) in [6.45, 7) is 5.92. The Hall–Kier alpha value is -1.51. The number of nitrogens with zero attached hydrogens (tertiary/aromatic N) is 1. The lowest BCUT2D eigenvalue weighted by Gasteiger charge is -2.06. The maximum Gasteiger partial charge on any atom is 0.286 e. The minimum atomic E-state index is -0.324. The highest BCUT2D eigenvalue weighted by Gasteiger charge is 2.05. The molecule has 0 bridgehead atoms. The lowest BCUT2D eigenvalue weighted by Crippen LogP contribution is -2.23. The van der Waals surface area contributed by atoms with E-state index in [2.05, 4.69) is 13.0 Å². The standard InChI is InChI=1S/C24H41NO2/c1-4-5-6-7-8-9-10-11-12-13-14-15-16-17-18-19-23-20-21(2)22(3)24(26)25(23)27/h18-20,27H,4-17H2,1-3H3. The number of hydrogen-bond acceptors (Lipinski definition) is 2. The number of pyridine rings is 1. The predicted octanol–water partition coefficient (Wildman–Crippen LogP) is 7.20. The summed E-state index contributed by atoms with van der Waals surface area (Å²) in [6, 6.07) is 1.86. The molecule has 0 atom stereocenters. The lowest BCUT2D eigenvalue weighted by atomic mass is 10.0. The second-order valence-corrected chi connectivity index (χ2v) is 7.93. The van der Waals surface area contributed by atoms with Gasteiger partial charge in [0.15, 0.2) is 0 Å². The molecule has 1 aromatic rings. The molecule has 27 heavy (non-hydrogen) atoms. The molecular weight excluding hydrogens is 334 g/mol. The fraction of sp³-hybridized carbons (Fsp3) is 0.708. The molecule has 0 saturated heterocycles. The predicted molar refractivity (Wildman–Crippen MR) is 117 cm³/mol. The maximum absolute atomic E-state index is 11.8. The molecular formula is C24H41NO2. The zero-order chi connectivity index (χ0) is 19.9. The summed E-state index contributed by atoms with van der Waals surface area (Å²) in [4.78, 5) is 11.8. The molecule has 0 aliphatic rings. The Morgan fingerprint density at radius 2 is 1.33 bits per heavy atom. The zero-order valence-electron chi connectivity index (χ0n) is 17.9. The summed E-state index contributed by atoms with van der Waals surface area (Å²) in [5.74, 6) is 0. The van der Waals surface area contributed by atoms with E-state index in [1.54, 1.807) is 6.92 Å². The van der Waals surface area contributed by atoms with Crippen molar-refractivity contribution < 1.29 is 5.21 Å². The summed E-state index contributed by atoms with van der Waals surface area (Å²) < 4.78 is 0.753. The Morgan fingerprint density at radius 1 is 0.852 bits per heavy atom. The summed E-state index contributed by atoms with van der Waals surface area (Å²) >= 11 is 0. The van der Waals surface area contributed by atoms with Crippen LogP contribution in [0.5, 0.6) is 0 Å². The van der Waals surface area contributed by atoms with Gasteiger partial charge >= 0.3 is 0 Å². The molecule has 0 saturated carbocycles. The normalized spacial score (nSPS) is 11.5. The van der Waals surface area contributed by atoms with Crippen LogP contribution in [-0.2, 0) is 0 Å². The number of allylic oxidation sites excluding steroid dienone is 1. The van der Waals surface area contributed by atoms with Crippen LogP contribution >= 0.6 is 0 Å². The Bertz CT molecular complexity index is 601. The third kappa shape index (κ3) is 9.83. The van der Waals surface area contributed by atoms with Crippen molar-refractivity contribution in [3.8, 4) is 0 Å². The molecule has 0 spiro atoms. The molecule has 0 unspecified atom stereocenters. The van der Waals surface area contributed by atoms with Crippen LogP contribution in [0, 0.1) is 13.8 Å². The van der Waals surface area contributed by atoms with Crippen LogP contribution in [0.15, 0.2) is 16.9 Å². The topological polar surface area (TPSA) is 42.2 Å². The summed E-state index contributed by atoms with van der Waals surface area (Å²) in [6.07, 6.45) is 22.6. The third-order valence-corrected chi connectivity index (χ3v) is 5.48. The van der Waals surface area contributed by atoms with E-state index in [0.717, 1.165) is 16.7 Å². The van der Waals surface area contributed by atoms with Gasteiger partial charge in [-0.25, -0.2) is 0 Å². The van der Waals surface area contributed by atoms with Gasteiger partial charge in [-0.3, -0.25) is 4.79 Å². The first-order valence-electron chi connectivity index (χ1n) is 11.2. The number of aromatic nitrogens is 1. The molecule has 0 aliphatic carbocycles. The zero-order valence-corrected chi connectivity index (χ0v) is 17.9. The van der Waals surface area contributed by atoms with Crippen molar-refractivity contribution >= 4 is 6.08 Å². The molecule has 0 amide bonds. The van der Waals surface area contributed by atoms with Gasteiger partial charge in [0.1, 0.15) is 0 Å². The van der Waals surface area contributed by atoms with E-state index in [0.29, 0.717) is 11.3 Å². The van der Waals surface area contributed by atoms with Crippen LogP contribution in [-0.4, -0.2) is 9.94 Å². The van der Waals surface area contributed by atoms with Gasteiger partial charge in [-0.1, -0.05) is 90.0 Å².